The van der Waals surface area contributed by atoms with Crippen molar-refractivity contribution in [2.75, 3.05) is 13.7 Å². The number of halogens is 1. The summed E-state index contributed by atoms with van der Waals surface area (Å²) < 4.78 is 6.23. The summed E-state index contributed by atoms with van der Waals surface area (Å²) in [6.45, 7) is 3.37. The fraction of sp³-hybridized carbons (Fsp3) is 0.500. The molecule has 0 saturated carbocycles. The highest BCUT2D eigenvalue weighted by Crippen LogP contribution is 2.22. The first-order chi connectivity index (χ1) is 7.63. The van der Waals surface area contributed by atoms with E-state index in [1.165, 1.54) is 0 Å². The van der Waals surface area contributed by atoms with Crippen LogP contribution < -0.4 is 10.1 Å². The minimum atomic E-state index is -0.249. The number of hydrogen-bond donors (Lipinski definition) is 2. The minimum Gasteiger partial charge on any atom is -0.497 e. The first-order valence-corrected chi connectivity index (χ1v) is 6.14. The molecule has 1 rings (SSSR count). The van der Waals surface area contributed by atoms with Crippen LogP contribution in [0.15, 0.2) is 22.7 Å². The highest BCUT2D eigenvalue weighted by molar-refractivity contribution is 9.10. The quantitative estimate of drug-likeness (QED) is 0.789. The number of ether oxygens (including phenoxy) is 1. The Morgan fingerprint density at radius 2 is 2.25 bits per heavy atom. The second-order valence-corrected chi connectivity index (χ2v) is 4.63. The SMILES string of the molecule is COc1ccc(Br)c(CNCCC(C)O)c1. The molecule has 1 aromatic rings. The summed E-state index contributed by atoms with van der Waals surface area (Å²) in [5, 5.41) is 12.4. The van der Waals surface area contributed by atoms with Gasteiger partial charge in [-0.3, -0.25) is 0 Å². The summed E-state index contributed by atoms with van der Waals surface area (Å²) in [6.07, 6.45) is 0.517. The van der Waals surface area contributed by atoms with E-state index in [1.54, 1.807) is 14.0 Å². The lowest BCUT2D eigenvalue weighted by Gasteiger charge is -2.09. The summed E-state index contributed by atoms with van der Waals surface area (Å²) in [5.41, 5.74) is 1.16. The largest absolute Gasteiger partial charge is 0.497 e. The molecule has 4 heteroatoms. The van der Waals surface area contributed by atoms with E-state index in [1.807, 2.05) is 18.2 Å². The van der Waals surface area contributed by atoms with E-state index in [0.29, 0.717) is 0 Å². The van der Waals surface area contributed by atoms with Crippen molar-refractivity contribution < 1.29 is 9.84 Å². The first-order valence-electron chi connectivity index (χ1n) is 5.34. The van der Waals surface area contributed by atoms with Gasteiger partial charge >= 0.3 is 0 Å². The summed E-state index contributed by atoms with van der Waals surface area (Å²) in [5.74, 6) is 0.857. The van der Waals surface area contributed by atoms with Crippen LogP contribution in [0.1, 0.15) is 18.9 Å². The van der Waals surface area contributed by atoms with Crippen LogP contribution in [-0.4, -0.2) is 24.9 Å². The average Bonchev–Trinajstić information content (AvgIpc) is 2.26. The molecule has 0 aliphatic heterocycles. The Balaban J connectivity index is 2.46. The van der Waals surface area contributed by atoms with Gasteiger partial charge in [-0.25, -0.2) is 0 Å². The molecule has 0 heterocycles. The summed E-state index contributed by atoms with van der Waals surface area (Å²) >= 11 is 3.50. The molecule has 90 valence electrons. The fourth-order valence-electron chi connectivity index (χ4n) is 1.35. The zero-order valence-electron chi connectivity index (χ0n) is 9.66. The molecule has 1 aromatic carbocycles. The number of rotatable bonds is 6. The summed E-state index contributed by atoms with van der Waals surface area (Å²) in [7, 11) is 1.66. The van der Waals surface area contributed by atoms with Crippen molar-refractivity contribution in [3.8, 4) is 5.75 Å². The maximum Gasteiger partial charge on any atom is 0.119 e. The molecule has 16 heavy (non-hydrogen) atoms. The molecular formula is C12H18BrNO2. The van der Waals surface area contributed by atoms with Gasteiger partial charge in [0.15, 0.2) is 0 Å². The lowest BCUT2D eigenvalue weighted by Crippen LogP contribution is -2.18. The van der Waals surface area contributed by atoms with Crippen LogP contribution in [0.3, 0.4) is 0 Å². The zero-order chi connectivity index (χ0) is 12.0. The number of hydrogen-bond acceptors (Lipinski definition) is 3. The first kappa shape index (κ1) is 13.5. The predicted octanol–water partition coefficient (Wildman–Crippen LogP) is 2.32. The molecule has 0 radical (unpaired) electrons. The van der Waals surface area contributed by atoms with Gasteiger partial charge < -0.3 is 15.2 Å². The Labute approximate surface area is 105 Å². The van der Waals surface area contributed by atoms with E-state index in [2.05, 4.69) is 21.2 Å². The molecule has 0 aliphatic rings. The van der Waals surface area contributed by atoms with Gasteiger partial charge in [-0.05, 0) is 43.7 Å². The second kappa shape index (κ2) is 6.89. The minimum absolute atomic E-state index is 0.249. The number of aliphatic hydroxyl groups excluding tert-OH is 1. The van der Waals surface area contributed by atoms with Gasteiger partial charge in [-0.1, -0.05) is 15.9 Å². The Morgan fingerprint density at radius 3 is 2.88 bits per heavy atom. The van der Waals surface area contributed by atoms with E-state index >= 15 is 0 Å². The molecule has 0 aliphatic carbocycles. The van der Waals surface area contributed by atoms with E-state index in [9.17, 15) is 0 Å². The molecule has 1 atom stereocenters. The van der Waals surface area contributed by atoms with Crippen LogP contribution in [0.4, 0.5) is 0 Å². The molecule has 0 saturated heterocycles. The monoisotopic (exact) mass is 287 g/mol. The van der Waals surface area contributed by atoms with E-state index in [4.69, 9.17) is 9.84 Å². The molecule has 0 amide bonds. The van der Waals surface area contributed by atoms with Crippen molar-refractivity contribution in [1.82, 2.24) is 5.32 Å². The van der Waals surface area contributed by atoms with Gasteiger partial charge in [0.1, 0.15) is 5.75 Å². The standard InChI is InChI=1S/C12H18BrNO2/c1-9(15)5-6-14-8-10-7-11(16-2)3-4-12(10)13/h3-4,7,9,14-15H,5-6,8H2,1-2H3. The second-order valence-electron chi connectivity index (χ2n) is 3.77. The topological polar surface area (TPSA) is 41.5 Å². The summed E-state index contributed by atoms with van der Waals surface area (Å²) in [4.78, 5) is 0. The Bertz CT molecular complexity index is 329. The van der Waals surface area contributed by atoms with Gasteiger partial charge in [-0.15, -0.1) is 0 Å². The van der Waals surface area contributed by atoms with Gasteiger partial charge in [-0.2, -0.15) is 0 Å². The van der Waals surface area contributed by atoms with Crippen molar-refractivity contribution in [1.29, 1.82) is 0 Å². The number of nitrogens with one attached hydrogen (secondary N) is 1. The third kappa shape index (κ3) is 4.51. The van der Waals surface area contributed by atoms with Crippen LogP contribution in [0.5, 0.6) is 5.75 Å². The van der Waals surface area contributed by atoms with E-state index in [0.717, 1.165) is 35.3 Å². The predicted molar refractivity (Wildman–Crippen MR) is 68.7 cm³/mol. The smallest absolute Gasteiger partial charge is 0.119 e. The Hall–Kier alpha value is -0.580. The third-order valence-corrected chi connectivity index (χ3v) is 3.08. The molecule has 3 nitrogen and oxygen atoms in total. The van der Waals surface area contributed by atoms with Crippen molar-refractivity contribution >= 4 is 15.9 Å². The Morgan fingerprint density at radius 1 is 1.50 bits per heavy atom. The molecular weight excluding hydrogens is 270 g/mol. The lowest BCUT2D eigenvalue weighted by atomic mass is 10.2. The maximum absolute atomic E-state index is 9.12. The maximum atomic E-state index is 9.12. The van der Waals surface area contributed by atoms with Crippen molar-refractivity contribution in [2.24, 2.45) is 0 Å². The van der Waals surface area contributed by atoms with Gasteiger partial charge in [0.05, 0.1) is 13.2 Å². The van der Waals surface area contributed by atoms with Crippen LogP contribution in [0, 0.1) is 0 Å². The molecule has 1 unspecified atom stereocenters. The fourth-order valence-corrected chi connectivity index (χ4v) is 1.73. The third-order valence-electron chi connectivity index (χ3n) is 2.31. The van der Waals surface area contributed by atoms with Crippen molar-refractivity contribution in [2.45, 2.75) is 26.0 Å². The lowest BCUT2D eigenvalue weighted by molar-refractivity contribution is 0.183. The molecule has 0 bridgehead atoms. The normalized spacial score (nSPS) is 12.5. The van der Waals surface area contributed by atoms with Crippen LogP contribution >= 0.6 is 15.9 Å². The van der Waals surface area contributed by atoms with E-state index in [-0.39, 0.29) is 6.10 Å². The van der Waals surface area contributed by atoms with Crippen LogP contribution in [0.25, 0.3) is 0 Å². The van der Waals surface area contributed by atoms with Crippen LogP contribution in [-0.2, 0) is 6.54 Å². The highest BCUT2D eigenvalue weighted by Gasteiger charge is 2.02. The number of aliphatic hydroxyl groups is 1. The van der Waals surface area contributed by atoms with Gasteiger partial charge in [0, 0.05) is 11.0 Å². The van der Waals surface area contributed by atoms with Crippen molar-refractivity contribution in [3.05, 3.63) is 28.2 Å². The van der Waals surface area contributed by atoms with Crippen LogP contribution in [0.2, 0.25) is 0 Å². The Kier molecular flexibility index (Phi) is 5.80. The van der Waals surface area contributed by atoms with E-state index < -0.39 is 0 Å². The van der Waals surface area contributed by atoms with Gasteiger partial charge in [0.25, 0.3) is 0 Å². The zero-order valence-corrected chi connectivity index (χ0v) is 11.3. The molecule has 0 fully saturated rings. The molecule has 0 spiro atoms. The highest BCUT2D eigenvalue weighted by atomic mass is 79.9. The number of benzene rings is 1. The van der Waals surface area contributed by atoms with Crippen molar-refractivity contribution in [3.63, 3.8) is 0 Å². The number of methoxy groups -OCH3 is 1. The van der Waals surface area contributed by atoms with Gasteiger partial charge in [0.2, 0.25) is 0 Å². The summed E-state index contributed by atoms with van der Waals surface area (Å²) in [6, 6.07) is 5.90. The molecule has 2 N–H and O–H groups in total. The average molecular weight is 288 g/mol. The molecule has 0 aromatic heterocycles.